The van der Waals surface area contributed by atoms with Gasteiger partial charge in [0.25, 0.3) is 5.91 Å². The number of ketones is 1. The molecular formula is C36H52FN5O6. The normalized spacial score (nSPS) is 13.4. The molecule has 1 aliphatic heterocycles. The molecule has 0 bridgehead atoms. The molecule has 0 aromatic heterocycles. The van der Waals surface area contributed by atoms with E-state index in [-0.39, 0.29) is 24.1 Å². The maximum Gasteiger partial charge on any atom is 0.309 e. The fourth-order valence-corrected chi connectivity index (χ4v) is 5.22. The van der Waals surface area contributed by atoms with Crippen LogP contribution in [-0.2, 0) is 36.9 Å². The highest BCUT2D eigenvalue weighted by Crippen LogP contribution is 2.20. The van der Waals surface area contributed by atoms with E-state index in [1.54, 1.807) is 31.2 Å². The van der Waals surface area contributed by atoms with Crippen molar-refractivity contribution in [2.45, 2.75) is 65.5 Å². The summed E-state index contributed by atoms with van der Waals surface area (Å²) in [5, 5.41) is 8.16. The summed E-state index contributed by atoms with van der Waals surface area (Å²) in [7, 11) is 1.96. The van der Waals surface area contributed by atoms with Gasteiger partial charge in [0.15, 0.2) is 0 Å². The Morgan fingerprint density at radius 3 is 2.33 bits per heavy atom. The van der Waals surface area contributed by atoms with Crippen LogP contribution in [0.5, 0.6) is 0 Å². The average Bonchev–Trinajstić information content (AvgIpc) is 3.08. The Bertz CT molecular complexity index is 1350. The number of carbonyl (C=O) groups is 4. The number of hydrogen-bond acceptors (Lipinski definition) is 8. The molecule has 12 heteroatoms. The third-order valence-electron chi connectivity index (χ3n) is 8.30. The molecule has 1 aliphatic rings. The summed E-state index contributed by atoms with van der Waals surface area (Å²) < 4.78 is 25.0. The molecule has 2 aromatic carbocycles. The lowest BCUT2D eigenvalue weighted by atomic mass is 10.0. The fraction of sp³-hybridized carbons (Fsp3) is 0.556. The molecule has 48 heavy (non-hydrogen) atoms. The van der Waals surface area contributed by atoms with Gasteiger partial charge in [0.05, 0.1) is 26.4 Å². The lowest BCUT2D eigenvalue weighted by Gasteiger charge is -2.27. The molecule has 1 fully saturated rings. The Morgan fingerprint density at radius 1 is 0.875 bits per heavy atom. The fourth-order valence-electron chi connectivity index (χ4n) is 5.22. The van der Waals surface area contributed by atoms with Crippen molar-refractivity contribution in [3.63, 3.8) is 0 Å². The first kappa shape index (κ1) is 38.7. The molecule has 3 amide bonds. The number of Topliss-reactive ketones (excluding diaryl/α,β-unsaturated/α-hetero) is 1. The second-order valence-electron chi connectivity index (χ2n) is 12.2. The van der Waals surface area contributed by atoms with Crippen molar-refractivity contribution < 1.29 is 33.0 Å². The van der Waals surface area contributed by atoms with Crippen LogP contribution in [0.25, 0.3) is 0 Å². The molecule has 2 aromatic rings. The molecule has 1 heterocycles. The molecule has 11 nitrogen and oxygen atoms in total. The lowest BCUT2D eigenvalue weighted by Crippen LogP contribution is -2.40. The highest BCUT2D eigenvalue weighted by molar-refractivity contribution is 6.35. The highest BCUT2D eigenvalue weighted by atomic mass is 19.1. The van der Waals surface area contributed by atoms with Crippen LogP contribution in [0.1, 0.15) is 72.5 Å². The summed E-state index contributed by atoms with van der Waals surface area (Å²) in [6.07, 6.45) is 5.04. The molecule has 1 saturated heterocycles. The van der Waals surface area contributed by atoms with Gasteiger partial charge >= 0.3 is 11.8 Å². The van der Waals surface area contributed by atoms with Gasteiger partial charge in [-0.25, -0.2) is 4.39 Å². The summed E-state index contributed by atoms with van der Waals surface area (Å²) in [4.78, 5) is 53.8. The van der Waals surface area contributed by atoms with Crippen LogP contribution in [0, 0.1) is 12.7 Å². The van der Waals surface area contributed by atoms with Crippen LogP contribution in [0.4, 0.5) is 10.1 Å². The third-order valence-corrected chi connectivity index (χ3v) is 8.30. The van der Waals surface area contributed by atoms with Crippen molar-refractivity contribution in [1.82, 2.24) is 20.4 Å². The van der Waals surface area contributed by atoms with Crippen molar-refractivity contribution in [2.24, 2.45) is 0 Å². The van der Waals surface area contributed by atoms with Crippen LogP contribution in [0.2, 0.25) is 0 Å². The Balaban J connectivity index is 1.41. The van der Waals surface area contributed by atoms with Gasteiger partial charge in [-0.2, -0.15) is 0 Å². The van der Waals surface area contributed by atoms with Crippen molar-refractivity contribution in [2.75, 3.05) is 71.5 Å². The number of nitrogens with zero attached hydrogens (tertiary/aromatic N) is 2. The quantitative estimate of drug-likeness (QED) is 0.143. The number of nitrogens with one attached hydrogen (secondary N) is 3. The summed E-state index contributed by atoms with van der Waals surface area (Å²) in [5.74, 6) is -1.96. The van der Waals surface area contributed by atoms with Gasteiger partial charge < -0.3 is 30.3 Å². The number of benzene rings is 2. The number of likely N-dealkylation sites (tertiary alicyclic amines) is 1. The molecule has 3 rings (SSSR count). The van der Waals surface area contributed by atoms with Crippen LogP contribution in [0.3, 0.4) is 0 Å². The summed E-state index contributed by atoms with van der Waals surface area (Å²) in [5.41, 5.74) is 3.02. The number of halogens is 1. The predicted octanol–water partition coefficient (Wildman–Crippen LogP) is 3.83. The molecule has 3 N–H and O–H groups in total. The monoisotopic (exact) mass is 669 g/mol. The minimum absolute atomic E-state index is 0.144. The van der Waals surface area contributed by atoms with Crippen molar-refractivity contribution >= 4 is 29.2 Å². The molecule has 0 saturated carbocycles. The topological polar surface area (TPSA) is 129 Å². The number of ether oxygens (including phenoxy) is 2. The Kier molecular flexibility index (Phi) is 17.2. The van der Waals surface area contributed by atoms with Crippen molar-refractivity contribution in [1.29, 1.82) is 0 Å². The van der Waals surface area contributed by atoms with Crippen LogP contribution >= 0.6 is 0 Å². The molecule has 0 radical (unpaired) electrons. The predicted molar refractivity (Wildman–Crippen MR) is 183 cm³/mol. The van der Waals surface area contributed by atoms with Crippen LogP contribution < -0.4 is 16.0 Å². The SMILES string of the molecule is CCC(=O)CCOCCOCCN(C)CCCNC(=O)C(=O)NCc1ccc(C(=O)Nc2ccc(C)c(F)c2)cc1CN1CCCCC1. The van der Waals surface area contributed by atoms with Gasteiger partial charge in [-0.1, -0.05) is 25.5 Å². The summed E-state index contributed by atoms with van der Waals surface area (Å²) in [6.45, 7) is 9.85. The summed E-state index contributed by atoms with van der Waals surface area (Å²) in [6, 6.07) is 9.86. The van der Waals surface area contributed by atoms with E-state index < -0.39 is 11.8 Å². The van der Waals surface area contributed by atoms with Gasteiger partial charge in [-0.3, -0.25) is 24.1 Å². The van der Waals surface area contributed by atoms with E-state index in [4.69, 9.17) is 9.47 Å². The average molecular weight is 670 g/mol. The van der Waals surface area contributed by atoms with Gasteiger partial charge in [-0.15, -0.1) is 0 Å². The number of anilines is 1. The summed E-state index contributed by atoms with van der Waals surface area (Å²) >= 11 is 0. The largest absolute Gasteiger partial charge is 0.379 e. The number of amides is 3. The lowest BCUT2D eigenvalue weighted by molar-refractivity contribution is -0.139. The molecule has 0 unspecified atom stereocenters. The Hall–Kier alpha value is -3.71. The zero-order chi connectivity index (χ0) is 34.7. The number of piperidine rings is 1. The van der Waals surface area contributed by atoms with E-state index in [0.29, 0.717) is 82.1 Å². The second kappa shape index (κ2) is 21.3. The van der Waals surface area contributed by atoms with Gasteiger partial charge in [0.2, 0.25) is 0 Å². The van der Waals surface area contributed by atoms with Crippen molar-refractivity contribution in [3.8, 4) is 0 Å². The smallest absolute Gasteiger partial charge is 0.309 e. The Morgan fingerprint density at radius 2 is 1.60 bits per heavy atom. The Labute approximate surface area is 283 Å². The van der Waals surface area contributed by atoms with Gasteiger partial charge in [0.1, 0.15) is 11.6 Å². The number of rotatable bonds is 20. The molecule has 0 aliphatic carbocycles. The van der Waals surface area contributed by atoms with Crippen molar-refractivity contribution in [3.05, 3.63) is 64.5 Å². The minimum atomic E-state index is -0.717. The van der Waals surface area contributed by atoms with E-state index in [9.17, 15) is 23.6 Å². The molecule has 264 valence electrons. The number of carbonyl (C=O) groups excluding carboxylic acids is 4. The van der Waals surface area contributed by atoms with E-state index in [1.165, 1.54) is 12.5 Å². The third kappa shape index (κ3) is 14.2. The highest BCUT2D eigenvalue weighted by Gasteiger charge is 2.18. The first-order valence-corrected chi connectivity index (χ1v) is 17.0. The second-order valence-corrected chi connectivity index (χ2v) is 12.2. The number of hydrogen-bond donors (Lipinski definition) is 3. The number of aryl methyl sites for hydroxylation is 1. The van der Waals surface area contributed by atoms with Gasteiger partial charge in [0, 0.05) is 50.3 Å². The number of likely N-dealkylation sites (N-methyl/N-ethyl adjacent to an activating group) is 1. The van der Waals surface area contributed by atoms with Crippen LogP contribution in [0.15, 0.2) is 36.4 Å². The zero-order valence-electron chi connectivity index (χ0n) is 28.7. The maximum atomic E-state index is 14.0. The van der Waals surface area contributed by atoms with E-state index >= 15 is 0 Å². The standard InChI is InChI=1S/C36H52FN5O6/c1-4-32(43)13-19-47-21-22-48-20-18-41(3)15-8-14-38-35(45)36(46)39-25-29-11-10-28(23-30(29)26-42-16-6-5-7-17-42)34(44)40-31-12-9-27(2)33(37)24-31/h9-12,23-24H,4-8,13-22,25-26H2,1-3H3,(H,38,45)(H,39,46)(H,40,44). The molecular weight excluding hydrogens is 617 g/mol. The molecule has 0 atom stereocenters. The maximum absolute atomic E-state index is 14.0. The first-order chi connectivity index (χ1) is 23.2. The molecule has 0 spiro atoms. The zero-order valence-corrected chi connectivity index (χ0v) is 28.7. The van der Waals surface area contributed by atoms with Gasteiger partial charge in [-0.05, 0) is 93.8 Å². The van der Waals surface area contributed by atoms with E-state index in [1.807, 2.05) is 20.0 Å². The first-order valence-electron chi connectivity index (χ1n) is 17.0. The van der Waals surface area contributed by atoms with Crippen LogP contribution in [-0.4, -0.2) is 99.5 Å². The van der Waals surface area contributed by atoms with E-state index in [2.05, 4.69) is 25.8 Å². The minimum Gasteiger partial charge on any atom is -0.379 e. The van der Waals surface area contributed by atoms with E-state index in [0.717, 1.165) is 43.6 Å².